The Morgan fingerprint density at radius 1 is 0.967 bits per heavy atom. The van der Waals surface area contributed by atoms with Crippen LogP contribution in [0.3, 0.4) is 0 Å². The maximum absolute atomic E-state index is 13.2. The van der Waals surface area contributed by atoms with Crippen LogP contribution in [0, 0.1) is 0 Å². The van der Waals surface area contributed by atoms with Gasteiger partial charge in [-0.25, -0.2) is 0 Å². The summed E-state index contributed by atoms with van der Waals surface area (Å²) in [6, 6.07) is 14.7. The third-order valence-corrected chi connectivity index (χ3v) is 6.97. The number of amides is 2. The lowest BCUT2D eigenvalue weighted by molar-refractivity contribution is 0.0533. The molecule has 0 aliphatic carbocycles. The van der Waals surface area contributed by atoms with Crippen LogP contribution in [-0.4, -0.2) is 66.3 Å². The number of hydrogen-bond acceptors (Lipinski definition) is 4. The number of benzene rings is 2. The zero-order valence-corrected chi connectivity index (χ0v) is 18.3. The second-order valence-corrected chi connectivity index (χ2v) is 9.03. The molecule has 2 heterocycles. The van der Waals surface area contributed by atoms with Crippen molar-refractivity contribution in [3.63, 3.8) is 0 Å². The molecule has 0 radical (unpaired) electrons. The summed E-state index contributed by atoms with van der Waals surface area (Å²) < 4.78 is 5.71. The summed E-state index contributed by atoms with van der Waals surface area (Å²) in [5, 5.41) is 0.609. The number of rotatable bonds is 5. The number of piperazine rings is 1. The van der Waals surface area contributed by atoms with E-state index in [9.17, 15) is 9.59 Å². The number of carbonyl (C=O) groups excluding carboxylic acids is 2. The van der Waals surface area contributed by atoms with Gasteiger partial charge in [0.2, 0.25) is 0 Å². The molecule has 4 rings (SSSR count). The van der Waals surface area contributed by atoms with Gasteiger partial charge < -0.3 is 14.5 Å². The highest BCUT2D eigenvalue weighted by Crippen LogP contribution is 2.28. The fraction of sp³-hybridized carbons (Fsp3) is 0.391. The van der Waals surface area contributed by atoms with Crippen molar-refractivity contribution >= 4 is 35.2 Å². The standard InChI is InChI=1S/C23H25ClN2O3S/c24-18-9-7-17(8-10-18)22(27)25-11-13-26(14-12-25)23(28)20-5-1-2-6-21(20)30-16-19-4-3-15-29-19/h1-2,5-10,19H,3-4,11-16H2. The first-order chi connectivity index (χ1) is 14.6. The molecule has 2 fully saturated rings. The molecule has 0 saturated carbocycles. The molecule has 2 aliphatic rings. The Balaban J connectivity index is 1.36. The van der Waals surface area contributed by atoms with Crippen LogP contribution in [0.2, 0.25) is 5.02 Å². The molecule has 2 saturated heterocycles. The quantitative estimate of drug-likeness (QED) is 0.648. The molecule has 2 amide bonds. The van der Waals surface area contributed by atoms with Gasteiger partial charge in [-0.1, -0.05) is 23.7 Å². The number of thioether (sulfide) groups is 1. The average Bonchev–Trinajstić information content (AvgIpc) is 3.31. The fourth-order valence-corrected chi connectivity index (χ4v) is 5.03. The van der Waals surface area contributed by atoms with Gasteiger partial charge in [0.15, 0.2) is 0 Å². The molecule has 30 heavy (non-hydrogen) atoms. The summed E-state index contributed by atoms with van der Waals surface area (Å²) in [5.41, 5.74) is 1.35. The lowest BCUT2D eigenvalue weighted by Gasteiger charge is -2.35. The lowest BCUT2D eigenvalue weighted by Crippen LogP contribution is -2.50. The van der Waals surface area contributed by atoms with E-state index in [-0.39, 0.29) is 17.9 Å². The second kappa shape index (κ2) is 9.86. The van der Waals surface area contributed by atoms with E-state index in [2.05, 4.69) is 0 Å². The Hall–Kier alpha value is -2.02. The maximum atomic E-state index is 13.2. The lowest BCUT2D eigenvalue weighted by atomic mass is 10.1. The van der Waals surface area contributed by atoms with Crippen molar-refractivity contribution in [1.82, 2.24) is 9.80 Å². The third kappa shape index (κ3) is 4.99. The van der Waals surface area contributed by atoms with E-state index >= 15 is 0 Å². The smallest absolute Gasteiger partial charge is 0.255 e. The van der Waals surface area contributed by atoms with Crippen LogP contribution in [-0.2, 0) is 4.74 Å². The summed E-state index contributed by atoms with van der Waals surface area (Å²) >= 11 is 7.60. The summed E-state index contributed by atoms with van der Waals surface area (Å²) in [6.45, 7) is 2.95. The maximum Gasteiger partial charge on any atom is 0.255 e. The van der Waals surface area contributed by atoms with Crippen molar-refractivity contribution in [2.45, 2.75) is 23.8 Å². The molecular weight excluding hydrogens is 420 g/mol. The van der Waals surface area contributed by atoms with Crippen molar-refractivity contribution in [2.24, 2.45) is 0 Å². The molecule has 5 nitrogen and oxygen atoms in total. The summed E-state index contributed by atoms with van der Waals surface area (Å²) in [7, 11) is 0. The zero-order valence-electron chi connectivity index (χ0n) is 16.8. The van der Waals surface area contributed by atoms with Gasteiger partial charge in [0.05, 0.1) is 11.7 Å². The largest absolute Gasteiger partial charge is 0.377 e. The molecule has 1 atom stereocenters. The van der Waals surface area contributed by atoms with Gasteiger partial charge in [-0.2, -0.15) is 0 Å². The van der Waals surface area contributed by atoms with Gasteiger partial charge in [0, 0.05) is 54.0 Å². The number of nitrogens with zero attached hydrogens (tertiary/aromatic N) is 2. The van der Waals surface area contributed by atoms with Crippen LogP contribution in [0.4, 0.5) is 0 Å². The summed E-state index contributed by atoms with van der Waals surface area (Å²) in [4.78, 5) is 30.5. The molecule has 0 N–H and O–H groups in total. The molecule has 2 aromatic rings. The molecule has 1 unspecified atom stereocenters. The Morgan fingerprint density at radius 2 is 1.63 bits per heavy atom. The normalized spacial score (nSPS) is 19.2. The summed E-state index contributed by atoms with van der Waals surface area (Å²) in [5.74, 6) is 0.878. The molecular formula is C23H25ClN2O3S. The van der Waals surface area contributed by atoms with Crippen molar-refractivity contribution in [2.75, 3.05) is 38.5 Å². The van der Waals surface area contributed by atoms with Gasteiger partial charge in [0.1, 0.15) is 0 Å². The Bertz CT molecular complexity index is 892. The molecule has 7 heteroatoms. The van der Waals surface area contributed by atoms with Gasteiger partial charge in [-0.15, -0.1) is 11.8 Å². The van der Waals surface area contributed by atoms with Crippen molar-refractivity contribution < 1.29 is 14.3 Å². The van der Waals surface area contributed by atoms with E-state index in [4.69, 9.17) is 16.3 Å². The van der Waals surface area contributed by atoms with Crippen LogP contribution >= 0.6 is 23.4 Å². The minimum Gasteiger partial charge on any atom is -0.377 e. The number of carbonyl (C=O) groups is 2. The van der Waals surface area contributed by atoms with Gasteiger partial charge in [0.25, 0.3) is 11.8 Å². The minimum absolute atomic E-state index is 0.0220. The zero-order chi connectivity index (χ0) is 20.9. The van der Waals surface area contributed by atoms with Gasteiger partial charge in [-0.3, -0.25) is 9.59 Å². The highest BCUT2D eigenvalue weighted by atomic mass is 35.5. The minimum atomic E-state index is -0.0220. The van der Waals surface area contributed by atoms with E-state index < -0.39 is 0 Å². The van der Waals surface area contributed by atoms with E-state index in [0.717, 1.165) is 35.7 Å². The number of hydrogen-bond donors (Lipinski definition) is 0. The van der Waals surface area contributed by atoms with E-state index in [1.165, 1.54) is 0 Å². The van der Waals surface area contributed by atoms with Crippen molar-refractivity contribution in [3.8, 4) is 0 Å². The molecule has 0 aromatic heterocycles. The molecule has 158 valence electrons. The Kier molecular flexibility index (Phi) is 6.97. The average molecular weight is 445 g/mol. The van der Waals surface area contributed by atoms with Gasteiger partial charge >= 0.3 is 0 Å². The predicted octanol–water partition coefficient (Wildman–Crippen LogP) is 4.21. The van der Waals surface area contributed by atoms with Crippen LogP contribution in [0.5, 0.6) is 0 Å². The second-order valence-electron chi connectivity index (χ2n) is 7.53. The predicted molar refractivity (Wildman–Crippen MR) is 119 cm³/mol. The third-order valence-electron chi connectivity index (χ3n) is 5.51. The number of ether oxygens (including phenoxy) is 1. The van der Waals surface area contributed by atoms with Crippen LogP contribution < -0.4 is 0 Å². The molecule has 2 aromatic carbocycles. The van der Waals surface area contributed by atoms with E-state index in [1.54, 1.807) is 40.9 Å². The van der Waals surface area contributed by atoms with E-state index in [0.29, 0.717) is 36.8 Å². The topological polar surface area (TPSA) is 49.9 Å². The van der Waals surface area contributed by atoms with Gasteiger partial charge in [-0.05, 0) is 49.2 Å². The first-order valence-electron chi connectivity index (χ1n) is 10.3. The molecule has 2 aliphatic heterocycles. The molecule has 0 bridgehead atoms. The molecule has 0 spiro atoms. The van der Waals surface area contributed by atoms with E-state index in [1.807, 2.05) is 29.2 Å². The summed E-state index contributed by atoms with van der Waals surface area (Å²) in [6.07, 6.45) is 2.48. The van der Waals surface area contributed by atoms with Crippen LogP contribution in [0.1, 0.15) is 33.6 Å². The highest BCUT2D eigenvalue weighted by molar-refractivity contribution is 7.99. The first kappa shape index (κ1) is 21.2. The Labute approximate surface area is 186 Å². The SMILES string of the molecule is O=C(c1ccc(Cl)cc1)N1CCN(C(=O)c2ccccc2SCC2CCCO2)CC1. The fourth-order valence-electron chi connectivity index (χ4n) is 3.79. The first-order valence-corrected chi connectivity index (χ1v) is 11.7. The van der Waals surface area contributed by atoms with Crippen molar-refractivity contribution in [3.05, 3.63) is 64.7 Å². The Morgan fingerprint density at radius 3 is 2.30 bits per heavy atom. The van der Waals surface area contributed by atoms with Crippen LogP contribution in [0.15, 0.2) is 53.4 Å². The number of halogens is 1. The van der Waals surface area contributed by atoms with Crippen LogP contribution in [0.25, 0.3) is 0 Å². The highest BCUT2D eigenvalue weighted by Gasteiger charge is 2.27. The monoisotopic (exact) mass is 444 g/mol. The van der Waals surface area contributed by atoms with Crippen molar-refractivity contribution in [1.29, 1.82) is 0 Å².